The Hall–Kier alpha value is -3.31. The minimum absolute atomic E-state index is 0.329. The molecule has 1 aromatic carbocycles. The van der Waals surface area contributed by atoms with E-state index in [1.165, 1.54) is 0 Å². The third-order valence-electron chi connectivity index (χ3n) is 2.43. The first-order chi connectivity index (χ1) is 27.2. The van der Waals surface area contributed by atoms with Crippen LogP contribution >= 0.6 is 0 Å². The molecule has 1 rings (SSSR count). The summed E-state index contributed by atoms with van der Waals surface area (Å²) in [5.41, 5.74) is -22.9. The van der Waals surface area contributed by atoms with Crippen molar-refractivity contribution in [3.8, 4) is 17.2 Å². The second-order valence-electron chi connectivity index (χ2n) is 11.9. The van der Waals surface area contributed by atoms with E-state index in [4.69, 9.17) is 67.2 Å². The van der Waals surface area contributed by atoms with Crippen molar-refractivity contribution in [1.29, 1.82) is 0 Å². The zero-order valence-corrected chi connectivity index (χ0v) is 39.2. The molecule has 3 N–H and O–H groups in total. The quantitative estimate of drug-likeness (QED) is 0.157. The highest BCUT2D eigenvalue weighted by molar-refractivity contribution is 7.87. The van der Waals surface area contributed by atoms with E-state index < -0.39 is 85.7 Å². The largest absolute Gasteiger partial charge is 0.867 e. The summed E-state index contributed by atoms with van der Waals surface area (Å²) in [6.07, 6.45) is 0. The number of carboxylic acid groups (broad SMARTS) is 1. The number of carbonyl (C=O) groups is 1. The second-order valence-corrected chi connectivity index (χ2v) is 17.4. The third kappa shape index (κ3) is 70.4. The van der Waals surface area contributed by atoms with Gasteiger partial charge in [-0.1, -0.05) is 0 Å². The second kappa shape index (κ2) is 35.0. The lowest BCUT2D eigenvalue weighted by Gasteiger charge is -2.10. The topological polar surface area (TPSA) is 343 Å². The lowest BCUT2D eigenvalue weighted by atomic mass is 10.2. The average Bonchev–Trinajstić information content (AvgIpc) is 2.91. The van der Waals surface area contributed by atoms with E-state index in [1.54, 1.807) is 0 Å². The van der Waals surface area contributed by atoms with Gasteiger partial charge in [-0.05, 0) is 17.9 Å². The van der Waals surface area contributed by atoms with Gasteiger partial charge in [-0.15, -0.1) is 0 Å². The van der Waals surface area contributed by atoms with Crippen LogP contribution in [0.4, 0.5) is 52.7 Å². The molecule has 0 aliphatic heterocycles. The Labute approximate surface area is 361 Å². The van der Waals surface area contributed by atoms with Crippen LogP contribution in [-0.2, 0) is 62.3 Å². The number of hydrogen-bond donors (Lipinski definition) is 3. The standard InChI is InChI=1S/C7H6O5.5C3H9O.4CHF3O3S/c8-4-1-3(7(11)12)2-5(9)6(4)10;5*1-4(2)3;4*2-1(3,4)8(5,6)7/h1-2,8-10H,(H,11,12);5*1-3H3;4*(H,5,6,7)/q;5*+1;;;;/p-5. The van der Waals surface area contributed by atoms with Crippen molar-refractivity contribution in [2.75, 3.05) is 107 Å². The molecule has 38 heteroatoms. The minimum Gasteiger partial charge on any atom is -0.867 e. The first-order valence-electron chi connectivity index (χ1n) is 14.2. The molecular formula is C26H50F12O22S4. The summed E-state index contributed by atoms with van der Waals surface area (Å²) in [4.78, 5) is 10.3. The Kier molecular flexibility index (Phi) is 44.2. The minimum atomic E-state index is -6.09. The molecule has 0 unspecified atom stereocenters. The van der Waals surface area contributed by atoms with Gasteiger partial charge in [0.15, 0.2) is 40.5 Å². The van der Waals surface area contributed by atoms with Crippen molar-refractivity contribution in [2.45, 2.75) is 22.0 Å². The van der Waals surface area contributed by atoms with Gasteiger partial charge in [0.1, 0.15) is 118 Å². The molecule has 1 aromatic rings. The Bertz CT molecular complexity index is 1570. The normalized spacial score (nSPS) is 11.6. The fourth-order valence-corrected chi connectivity index (χ4v) is 0.722. The summed E-state index contributed by atoms with van der Waals surface area (Å²) < 4.78 is 249. The Morgan fingerprint density at radius 2 is 0.516 bits per heavy atom. The summed E-state index contributed by atoms with van der Waals surface area (Å²) in [6.45, 7) is 0. The van der Waals surface area contributed by atoms with Crippen molar-refractivity contribution >= 4 is 46.4 Å². The van der Waals surface area contributed by atoms with Crippen molar-refractivity contribution in [1.82, 2.24) is 0 Å². The molecule has 0 heterocycles. The van der Waals surface area contributed by atoms with Crippen LogP contribution in [0, 0.1) is 0 Å². The molecule has 0 aliphatic rings. The Balaban J connectivity index is -0.0000000771. The van der Waals surface area contributed by atoms with Crippen LogP contribution in [0.15, 0.2) is 12.1 Å². The van der Waals surface area contributed by atoms with E-state index in [0.29, 0.717) is 0 Å². The Morgan fingerprint density at radius 3 is 0.578 bits per heavy atom. The van der Waals surface area contributed by atoms with Gasteiger partial charge in [0.05, 0.1) is 5.56 Å². The monoisotopic (exact) mass is 1070 g/mol. The summed E-state index contributed by atoms with van der Waals surface area (Å²) in [6, 6.07) is 1.56. The van der Waals surface area contributed by atoms with Crippen LogP contribution < -0.4 is 5.11 Å². The summed E-state index contributed by atoms with van der Waals surface area (Å²) in [5.74, 6) is -3.83. The van der Waals surface area contributed by atoms with Crippen LogP contribution in [0.3, 0.4) is 0 Å². The molecule has 0 amide bonds. The van der Waals surface area contributed by atoms with Crippen molar-refractivity contribution in [3.63, 3.8) is 0 Å². The number of phenolic OH excluding ortho intramolecular Hbond substituents is 2. The predicted molar refractivity (Wildman–Crippen MR) is 193 cm³/mol. The molecule has 22 nitrogen and oxygen atoms in total. The lowest BCUT2D eigenvalue weighted by Crippen LogP contribution is -2.21. The highest BCUT2D eigenvalue weighted by Crippen LogP contribution is 2.32. The maximum absolute atomic E-state index is 10.7. The summed E-state index contributed by atoms with van der Waals surface area (Å²) >= 11 is 0. The fraction of sp³-hybridized carbons (Fsp3) is 0.731. The van der Waals surface area contributed by atoms with Gasteiger partial charge in [0.2, 0.25) is 0 Å². The molecule has 0 spiro atoms. The van der Waals surface area contributed by atoms with Crippen LogP contribution in [0.25, 0.3) is 0 Å². The van der Waals surface area contributed by atoms with E-state index in [0.717, 1.165) is 12.1 Å². The number of aromatic hydroxyl groups is 2. The number of benzene rings is 1. The number of rotatable bonds is 1. The maximum atomic E-state index is 10.7. The van der Waals surface area contributed by atoms with Crippen LogP contribution in [0.2, 0.25) is 0 Å². The van der Waals surface area contributed by atoms with Crippen LogP contribution in [0.5, 0.6) is 17.2 Å². The zero-order valence-electron chi connectivity index (χ0n) is 35.9. The van der Waals surface area contributed by atoms with Gasteiger partial charge in [0.25, 0.3) is 0 Å². The molecule has 0 fully saturated rings. The molecule has 0 aromatic heterocycles. The van der Waals surface area contributed by atoms with E-state index in [9.17, 15) is 62.6 Å². The van der Waals surface area contributed by atoms with E-state index in [-0.39, 0.29) is 5.56 Å². The maximum Gasteiger partial charge on any atom is 0.485 e. The van der Waals surface area contributed by atoms with Gasteiger partial charge in [-0.3, -0.25) is 0 Å². The molecule has 0 radical (unpaired) electrons. The van der Waals surface area contributed by atoms with E-state index >= 15 is 0 Å². The molecular weight excluding hydrogens is 1020 g/mol. The summed E-state index contributed by atoms with van der Waals surface area (Å²) in [7, 11) is 4.39. The molecule has 0 saturated carbocycles. The number of phenols is 2. The van der Waals surface area contributed by atoms with E-state index in [1.807, 2.05) is 107 Å². The lowest BCUT2D eigenvalue weighted by molar-refractivity contribution is -0.272. The van der Waals surface area contributed by atoms with Crippen LogP contribution in [0.1, 0.15) is 10.4 Å². The smallest absolute Gasteiger partial charge is 0.485 e. The van der Waals surface area contributed by atoms with Gasteiger partial charge in [-0.25, -0.2) is 38.5 Å². The molecule has 0 aliphatic carbocycles. The van der Waals surface area contributed by atoms with Gasteiger partial charge in [-0.2, -0.15) is 52.7 Å². The molecule has 0 atom stereocenters. The summed E-state index contributed by atoms with van der Waals surface area (Å²) in [5, 5.41) is 36.6. The first-order valence-corrected chi connectivity index (χ1v) is 19.8. The number of alkyl halides is 12. The first kappa shape index (κ1) is 80.9. The molecule has 0 bridgehead atoms. The average molecular weight is 1070 g/mol. The molecule has 64 heavy (non-hydrogen) atoms. The van der Waals surface area contributed by atoms with Crippen molar-refractivity contribution in [2.24, 2.45) is 0 Å². The highest BCUT2D eigenvalue weighted by Gasteiger charge is 2.38. The molecule has 0 saturated heterocycles. The van der Waals surface area contributed by atoms with Crippen LogP contribution in [-0.4, -0.2) is 202 Å². The number of aromatic carboxylic acids is 1. The fourth-order valence-electron chi connectivity index (χ4n) is 0.722. The molecule has 394 valence electrons. The highest BCUT2D eigenvalue weighted by atomic mass is 32.2. The SMILES string of the molecule is C[O+](C)C.C[O+](C)C.C[O+](C)C.C[O+](C)C.C[O+](C)C.O=C(O)c1cc(O)c([O-])c(O)c1.O=S(=O)([O-])C(F)(F)F.O=S(=O)([O-])C(F)(F)F.O=S(=O)([O-])C(F)(F)F.O=S(=O)([O-])C(F)(F)F. The van der Waals surface area contributed by atoms with E-state index in [2.05, 4.69) is 21.8 Å². The number of hydrogen-bond acceptors (Lipinski definition) is 16. The van der Waals surface area contributed by atoms with Gasteiger partial charge >= 0.3 is 28.0 Å². The third-order valence-corrected chi connectivity index (χ3v) is 4.70. The van der Waals surface area contributed by atoms with Gasteiger partial charge < -0.3 is 60.5 Å². The van der Waals surface area contributed by atoms with Gasteiger partial charge in [0, 0.05) is 0 Å². The van der Waals surface area contributed by atoms with Crippen molar-refractivity contribution < 1.29 is 152 Å². The number of halogens is 12. The number of carboxylic acids is 1. The van der Waals surface area contributed by atoms with Crippen molar-refractivity contribution in [3.05, 3.63) is 17.7 Å². The zero-order chi connectivity index (χ0) is 55.2. The Morgan fingerprint density at radius 1 is 0.422 bits per heavy atom. The predicted octanol–water partition coefficient (Wildman–Crippen LogP) is 2.22.